The fourth-order valence-corrected chi connectivity index (χ4v) is 2.81. The molecule has 0 radical (unpaired) electrons. The number of nitrogens with two attached hydrogens (primary N) is 1. The maximum atomic E-state index is 5.79. The number of thiazole rings is 1. The van der Waals surface area contributed by atoms with Crippen LogP contribution in [0.1, 0.15) is 38.3 Å². The van der Waals surface area contributed by atoms with Crippen LogP contribution in [0.4, 0.5) is 5.69 Å². The number of nitrogens with zero attached hydrogens (tertiary/aromatic N) is 1. The molecule has 18 heavy (non-hydrogen) atoms. The van der Waals surface area contributed by atoms with E-state index >= 15 is 0 Å². The number of benzene rings is 1. The minimum atomic E-state index is 0.798. The molecule has 0 amide bonds. The summed E-state index contributed by atoms with van der Waals surface area (Å²) in [5.74, 6) is 0. The first-order valence-electron chi connectivity index (χ1n) is 6.60. The summed E-state index contributed by atoms with van der Waals surface area (Å²) in [6, 6.07) is 7.94. The Morgan fingerprint density at radius 1 is 1.22 bits per heavy atom. The van der Waals surface area contributed by atoms with Crippen LogP contribution in [-0.2, 0) is 6.42 Å². The number of hydrogen-bond donors (Lipinski definition) is 1. The average Bonchev–Trinajstić information content (AvgIpc) is 2.83. The van der Waals surface area contributed by atoms with Crippen molar-refractivity contribution in [1.29, 1.82) is 0 Å². The molecule has 0 saturated carbocycles. The fraction of sp³-hybridized carbons (Fsp3) is 0.400. The molecule has 1 aromatic heterocycles. The molecule has 3 heteroatoms. The highest BCUT2D eigenvalue weighted by Crippen LogP contribution is 2.25. The van der Waals surface area contributed by atoms with E-state index in [9.17, 15) is 0 Å². The van der Waals surface area contributed by atoms with E-state index in [0.29, 0.717) is 0 Å². The summed E-state index contributed by atoms with van der Waals surface area (Å²) in [7, 11) is 0. The van der Waals surface area contributed by atoms with E-state index in [1.807, 2.05) is 18.2 Å². The minimum Gasteiger partial charge on any atom is -0.399 e. The molecule has 0 spiro atoms. The first-order chi connectivity index (χ1) is 8.79. The number of unbranched alkanes of at least 4 members (excludes halogenated alkanes) is 3. The van der Waals surface area contributed by atoms with E-state index in [4.69, 9.17) is 5.73 Å². The average molecular weight is 260 g/mol. The van der Waals surface area contributed by atoms with E-state index in [0.717, 1.165) is 22.7 Å². The zero-order chi connectivity index (χ0) is 12.8. The standard InChI is InChI=1S/C15H20N2S/c1-2-3-4-5-9-14-11-18-15(17-14)12-7-6-8-13(16)10-12/h6-8,10-11H,2-5,9,16H2,1H3. The Balaban J connectivity index is 1.97. The molecule has 0 atom stereocenters. The lowest BCUT2D eigenvalue weighted by molar-refractivity contribution is 0.662. The van der Waals surface area contributed by atoms with Crippen LogP contribution in [0.5, 0.6) is 0 Å². The maximum absolute atomic E-state index is 5.79. The Bertz CT molecular complexity index is 491. The maximum Gasteiger partial charge on any atom is 0.123 e. The van der Waals surface area contributed by atoms with Crippen molar-refractivity contribution in [3.63, 3.8) is 0 Å². The van der Waals surface area contributed by atoms with Crippen LogP contribution >= 0.6 is 11.3 Å². The van der Waals surface area contributed by atoms with Crippen LogP contribution in [0.2, 0.25) is 0 Å². The Labute approximate surface area is 113 Å². The lowest BCUT2D eigenvalue weighted by Gasteiger charge is -1.98. The zero-order valence-corrected chi connectivity index (χ0v) is 11.7. The molecule has 2 N–H and O–H groups in total. The zero-order valence-electron chi connectivity index (χ0n) is 10.9. The van der Waals surface area contributed by atoms with Crippen molar-refractivity contribution >= 4 is 17.0 Å². The van der Waals surface area contributed by atoms with Crippen molar-refractivity contribution < 1.29 is 0 Å². The largest absolute Gasteiger partial charge is 0.399 e. The van der Waals surface area contributed by atoms with Crippen molar-refractivity contribution in [2.24, 2.45) is 0 Å². The van der Waals surface area contributed by atoms with E-state index < -0.39 is 0 Å². The highest BCUT2D eigenvalue weighted by molar-refractivity contribution is 7.13. The molecule has 1 aromatic carbocycles. The molecule has 2 aromatic rings. The molecule has 0 aliphatic heterocycles. The highest BCUT2D eigenvalue weighted by Gasteiger charge is 2.04. The Hall–Kier alpha value is -1.35. The fourth-order valence-electron chi connectivity index (χ4n) is 1.96. The molecule has 96 valence electrons. The SMILES string of the molecule is CCCCCCc1csc(-c2cccc(N)c2)n1. The molecule has 0 unspecified atom stereocenters. The number of aromatic nitrogens is 1. The topological polar surface area (TPSA) is 38.9 Å². The van der Waals surface area contributed by atoms with Gasteiger partial charge >= 0.3 is 0 Å². The van der Waals surface area contributed by atoms with Crippen molar-refractivity contribution in [2.75, 3.05) is 5.73 Å². The normalized spacial score (nSPS) is 10.7. The van der Waals surface area contributed by atoms with Crippen LogP contribution < -0.4 is 5.73 Å². The summed E-state index contributed by atoms with van der Waals surface area (Å²) in [6.45, 7) is 2.24. The number of nitrogen functional groups attached to an aromatic ring is 1. The molecule has 2 nitrogen and oxygen atoms in total. The predicted molar refractivity (Wildman–Crippen MR) is 79.8 cm³/mol. The number of aryl methyl sites for hydroxylation is 1. The second-order valence-corrected chi connectivity index (χ2v) is 5.44. The van der Waals surface area contributed by atoms with Crippen LogP contribution in [0.25, 0.3) is 10.6 Å². The van der Waals surface area contributed by atoms with E-state index in [2.05, 4.69) is 23.4 Å². The Morgan fingerprint density at radius 3 is 2.89 bits per heavy atom. The molecule has 0 fully saturated rings. The van der Waals surface area contributed by atoms with Gasteiger partial charge in [-0.3, -0.25) is 0 Å². The minimum absolute atomic E-state index is 0.798. The molecule has 0 aliphatic rings. The molecular weight excluding hydrogens is 240 g/mol. The Kier molecular flexibility index (Phi) is 4.76. The third-order valence-electron chi connectivity index (χ3n) is 2.97. The molecule has 0 saturated heterocycles. The van der Waals surface area contributed by atoms with Gasteiger partial charge in [0, 0.05) is 16.6 Å². The van der Waals surface area contributed by atoms with Gasteiger partial charge in [-0.2, -0.15) is 0 Å². The lowest BCUT2D eigenvalue weighted by atomic mass is 10.1. The van der Waals surface area contributed by atoms with Gasteiger partial charge in [0.05, 0.1) is 5.69 Å². The van der Waals surface area contributed by atoms with Gasteiger partial charge in [0.25, 0.3) is 0 Å². The molecule has 0 aliphatic carbocycles. The van der Waals surface area contributed by atoms with Crippen molar-refractivity contribution in [1.82, 2.24) is 4.98 Å². The number of anilines is 1. The monoisotopic (exact) mass is 260 g/mol. The van der Waals surface area contributed by atoms with Gasteiger partial charge in [-0.05, 0) is 25.0 Å². The van der Waals surface area contributed by atoms with Gasteiger partial charge < -0.3 is 5.73 Å². The summed E-state index contributed by atoms with van der Waals surface area (Å²) in [5, 5.41) is 3.25. The van der Waals surface area contributed by atoms with Gasteiger partial charge in [-0.1, -0.05) is 38.3 Å². The molecule has 0 bridgehead atoms. The van der Waals surface area contributed by atoms with Crippen LogP contribution in [0, 0.1) is 0 Å². The summed E-state index contributed by atoms with van der Waals surface area (Å²) in [5.41, 5.74) is 8.93. The Morgan fingerprint density at radius 2 is 2.11 bits per heavy atom. The van der Waals surface area contributed by atoms with E-state index in [-0.39, 0.29) is 0 Å². The second-order valence-electron chi connectivity index (χ2n) is 4.58. The van der Waals surface area contributed by atoms with Crippen LogP contribution in [0.3, 0.4) is 0 Å². The third kappa shape index (κ3) is 3.57. The van der Waals surface area contributed by atoms with Crippen molar-refractivity contribution in [3.05, 3.63) is 35.3 Å². The molecule has 2 rings (SSSR count). The van der Waals surface area contributed by atoms with Crippen LogP contribution in [-0.4, -0.2) is 4.98 Å². The summed E-state index contributed by atoms with van der Waals surface area (Å²) in [4.78, 5) is 4.68. The summed E-state index contributed by atoms with van der Waals surface area (Å²) < 4.78 is 0. The molecule has 1 heterocycles. The van der Waals surface area contributed by atoms with Crippen LogP contribution in [0.15, 0.2) is 29.6 Å². The lowest BCUT2D eigenvalue weighted by Crippen LogP contribution is -1.87. The smallest absolute Gasteiger partial charge is 0.123 e. The number of hydrogen-bond acceptors (Lipinski definition) is 3. The number of rotatable bonds is 6. The summed E-state index contributed by atoms with van der Waals surface area (Å²) in [6.07, 6.45) is 6.26. The third-order valence-corrected chi connectivity index (χ3v) is 3.91. The first-order valence-corrected chi connectivity index (χ1v) is 7.48. The quantitative estimate of drug-likeness (QED) is 0.613. The van der Waals surface area contributed by atoms with Crippen molar-refractivity contribution in [3.8, 4) is 10.6 Å². The predicted octanol–water partition coefficient (Wildman–Crippen LogP) is 4.52. The first kappa shape index (κ1) is 13.1. The highest BCUT2D eigenvalue weighted by atomic mass is 32.1. The van der Waals surface area contributed by atoms with Gasteiger partial charge in [-0.25, -0.2) is 4.98 Å². The second kappa shape index (κ2) is 6.55. The van der Waals surface area contributed by atoms with Gasteiger partial charge in [0.2, 0.25) is 0 Å². The van der Waals surface area contributed by atoms with E-state index in [1.165, 1.54) is 31.4 Å². The molecular formula is C15H20N2S. The van der Waals surface area contributed by atoms with Gasteiger partial charge in [-0.15, -0.1) is 11.3 Å². The summed E-state index contributed by atoms with van der Waals surface area (Å²) >= 11 is 1.71. The van der Waals surface area contributed by atoms with Crippen molar-refractivity contribution in [2.45, 2.75) is 39.0 Å². The van der Waals surface area contributed by atoms with Gasteiger partial charge in [0.15, 0.2) is 0 Å². The van der Waals surface area contributed by atoms with E-state index in [1.54, 1.807) is 11.3 Å². The van der Waals surface area contributed by atoms with Gasteiger partial charge in [0.1, 0.15) is 5.01 Å².